The van der Waals surface area contributed by atoms with E-state index in [1.54, 1.807) is 24.3 Å². The van der Waals surface area contributed by atoms with Crippen LogP contribution in [0.5, 0.6) is 0 Å². The van der Waals surface area contributed by atoms with E-state index in [9.17, 15) is 13.6 Å². The molecular weight excluding hydrogens is 274 g/mol. The molecule has 2 aromatic rings. The summed E-state index contributed by atoms with van der Waals surface area (Å²) in [6.45, 7) is 2.53. The lowest BCUT2D eigenvalue weighted by atomic mass is 10.1. The summed E-state index contributed by atoms with van der Waals surface area (Å²) in [5.74, 6) is -1.90. The van der Waals surface area contributed by atoms with Crippen molar-refractivity contribution in [3.05, 3.63) is 65.2 Å². The zero-order valence-electron chi connectivity index (χ0n) is 11.6. The van der Waals surface area contributed by atoms with Crippen LogP contribution in [0.1, 0.15) is 22.8 Å². The average Bonchev–Trinajstić information content (AvgIpc) is 2.49. The Morgan fingerprint density at radius 1 is 1.14 bits per heavy atom. The minimum atomic E-state index is -0.870. The molecule has 2 aromatic carbocycles. The molecule has 1 amide bonds. The molecule has 5 heteroatoms. The van der Waals surface area contributed by atoms with Crippen molar-refractivity contribution >= 4 is 11.6 Å². The van der Waals surface area contributed by atoms with Gasteiger partial charge in [-0.25, -0.2) is 8.78 Å². The van der Waals surface area contributed by atoms with Gasteiger partial charge in [0.05, 0.1) is 0 Å². The van der Waals surface area contributed by atoms with Gasteiger partial charge in [0.2, 0.25) is 0 Å². The SMILES string of the molecule is CCNC(=O)c1cccc(NCc2cccc(F)c2F)c1. The topological polar surface area (TPSA) is 41.1 Å². The van der Waals surface area contributed by atoms with Crippen molar-refractivity contribution in [2.75, 3.05) is 11.9 Å². The molecule has 0 fully saturated rings. The summed E-state index contributed by atoms with van der Waals surface area (Å²) in [6.07, 6.45) is 0. The molecule has 21 heavy (non-hydrogen) atoms. The van der Waals surface area contributed by atoms with Crippen LogP contribution in [0.25, 0.3) is 0 Å². The van der Waals surface area contributed by atoms with E-state index in [1.165, 1.54) is 12.1 Å². The summed E-state index contributed by atoms with van der Waals surface area (Å²) in [5.41, 5.74) is 1.42. The third-order valence-electron chi connectivity index (χ3n) is 2.98. The second-order valence-electron chi connectivity index (χ2n) is 4.51. The number of nitrogens with one attached hydrogen (secondary N) is 2. The standard InChI is InChI=1S/C16H16F2N2O/c1-2-19-16(21)11-5-3-7-13(9-11)20-10-12-6-4-8-14(17)15(12)18/h3-9,20H,2,10H2,1H3,(H,19,21). The second-order valence-corrected chi connectivity index (χ2v) is 4.51. The summed E-state index contributed by atoms with van der Waals surface area (Å²) in [5, 5.41) is 5.68. The molecule has 0 aliphatic carbocycles. The van der Waals surface area contributed by atoms with Crippen LogP contribution < -0.4 is 10.6 Å². The first-order chi connectivity index (χ1) is 10.1. The molecule has 2 rings (SSSR count). The van der Waals surface area contributed by atoms with Crippen molar-refractivity contribution in [3.63, 3.8) is 0 Å². The van der Waals surface area contributed by atoms with Gasteiger partial charge in [-0.1, -0.05) is 18.2 Å². The van der Waals surface area contributed by atoms with E-state index in [1.807, 2.05) is 6.92 Å². The molecule has 0 aliphatic rings. The van der Waals surface area contributed by atoms with Gasteiger partial charge in [0.25, 0.3) is 5.91 Å². The Balaban J connectivity index is 2.08. The normalized spacial score (nSPS) is 10.2. The van der Waals surface area contributed by atoms with Gasteiger partial charge in [-0.3, -0.25) is 4.79 Å². The van der Waals surface area contributed by atoms with Crippen LogP contribution in [0.3, 0.4) is 0 Å². The van der Waals surface area contributed by atoms with E-state index in [-0.39, 0.29) is 18.0 Å². The van der Waals surface area contributed by atoms with Crippen molar-refractivity contribution in [2.45, 2.75) is 13.5 Å². The van der Waals surface area contributed by atoms with Gasteiger partial charge in [-0.15, -0.1) is 0 Å². The van der Waals surface area contributed by atoms with Gasteiger partial charge in [-0.05, 0) is 31.2 Å². The fraction of sp³-hybridized carbons (Fsp3) is 0.188. The Bertz CT molecular complexity index is 644. The first kappa shape index (κ1) is 15.0. The molecule has 0 heterocycles. The maximum Gasteiger partial charge on any atom is 0.251 e. The summed E-state index contributed by atoms with van der Waals surface area (Å²) < 4.78 is 26.6. The van der Waals surface area contributed by atoms with E-state index in [0.717, 1.165) is 6.07 Å². The predicted molar refractivity (Wildman–Crippen MR) is 78.1 cm³/mol. The van der Waals surface area contributed by atoms with E-state index in [0.29, 0.717) is 17.8 Å². The van der Waals surface area contributed by atoms with Crippen LogP contribution in [0.4, 0.5) is 14.5 Å². The maximum absolute atomic E-state index is 13.5. The van der Waals surface area contributed by atoms with E-state index in [2.05, 4.69) is 10.6 Å². The lowest BCUT2D eigenvalue weighted by Crippen LogP contribution is -2.22. The fourth-order valence-electron chi connectivity index (χ4n) is 1.92. The monoisotopic (exact) mass is 290 g/mol. The highest BCUT2D eigenvalue weighted by atomic mass is 19.2. The number of benzene rings is 2. The summed E-state index contributed by atoms with van der Waals surface area (Å²) in [7, 11) is 0. The molecule has 0 unspecified atom stereocenters. The van der Waals surface area contributed by atoms with E-state index >= 15 is 0 Å². The zero-order chi connectivity index (χ0) is 15.2. The van der Waals surface area contributed by atoms with Gasteiger partial charge < -0.3 is 10.6 Å². The molecule has 0 aliphatic heterocycles. The quantitative estimate of drug-likeness (QED) is 0.887. The van der Waals surface area contributed by atoms with Crippen LogP contribution in [0.15, 0.2) is 42.5 Å². The third kappa shape index (κ3) is 3.78. The first-order valence-electron chi connectivity index (χ1n) is 6.67. The highest BCUT2D eigenvalue weighted by Crippen LogP contribution is 2.15. The number of hydrogen-bond acceptors (Lipinski definition) is 2. The number of carbonyl (C=O) groups excluding carboxylic acids is 1. The van der Waals surface area contributed by atoms with Crippen LogP contribution in [0.2, 0.25) is 0 Å². The second kappa shape index (κ2) is 6.83. The summed E-state index contributed by atoms with van der Waals surface area (Å²) in [6, 6.07) is 10.9. The van der Waals surface area contributed by atoms with Gasteiger partial charge in [0.15, 0.2) is 11.6 Å². The van der Waals surface area contributed by atoms with Crippen LogP contribution >= 0.6 is 0 Å². The smallest absolute Gasteiger partial charge is 0.251 e. The summed E-state index contributed by atoms with van der Waals surface area (Å²) >= 11 is 0. The molecule has 2 N–H and O–H groups in total. The largest absolute Gasteiger partial charge is 0.381 e. The Morgan fingerprint density at radius 2 is 1.90 bits per heavy atom. The van der Waals surface area contributed by atoms with Crippen molar-refractivity contribution in [2.24, 2.45) is 0 Å². The Labute approximate surface area is 122 Å². The molecular formula is C16H16F2N2O. The first-order valence-corrected chi connectivity index (χ1v) is 6.67. The van der Waals surface area contributed by atoms with Crippen LogP contribution in [-0.2, 0) is 6.54 Å². The van der Waals surface area contributed by atoms with Crippen LogP contribution in [-0.4, -0.2) is 12.5 Å². The van der Waals surface area contributed by atoms with Gasteiger partial charge in [0, 0.05) is 29.9 Å². The molecule has 0 spiro atoms. The molecule has 0 atom stereocenters. The number of hydrogen-bond donors (Lipinski definition) is 2. The molecule has 0 saturated carbocycles. The summed E-state index contributed by atoms with van der Waals surface area (Å²) in [4.78, 5) is 11.7. The fourth-order valence-corrected chi connectivity index (χ4v) is 1.92. The Kier molecular flexibility index (Phi) is 4.87. The highest BCUT2D eigenvalue weighted by molar-refractivity contribution is 5.95. The lowest BCUT2D eigenvalue weighted by Gasteiger charge is -2.09. The minimum Gasteiger partial charge on any atom is -0.381 e. The molecule has 0 radical (unpaired) electrons. The zero-order valence-corrected chi connectivity index (χ0v) is 11.6. The minimum absolute atomic E-state index is 0.141. The third-order valence-corrected chi connectivity index (χ3v) is 2.98. The number of halogens is 2. The van der Waals surface area contributed by atoms with Gasteiger partial charge in [-0.2, -0.15) is 0 Å². The van der Waals surface area contributed by atoms with Gasteiger partial charge in [0.1, 0.15) is 0 Å². The maximum atomic E-state index is 13.5. The molecule has 0 bridgehead atoms. The number of rotatable bonds is 5. The van der Waals surface area contributed by atoms with Crippen molar-refractivity contribution in [1.82, 2.24) is 5.32 Å². The van der Waals surface area contributed by atoms with Crippen molar-refractivity contribution < 1.29 is 13.6 Å². The van der Waals surface area contributed by atoms with E-state index in [4.69, 9.17) is 0 Å². The number of anilines is 1. The Morgan fingerprint density at radius 3 is 2.67 bits per heavy atom. The van der Waals surface area contributed by atoms with Gasteiger partial charge >= 0.3 is 0 Å². The van der Waals surface area contributed by atoms with Crippen LogP contribution in [0, 0.1) is 11.6 Å². The number of carbonyl (C=O) groups is 1. The van der Waals surface area contributed by atoms with Crippen molar-refractivity contribution in [3.8, 4) is 0 Å². The lowest BCUT2D eigenvalue weighted by molar-refractivity contribution is 0.0956. The Hall–Kier alpha value is -2.43. The molecule has 3 nitrogen and oxygen atoms in total. The predicted octanol–water partition coefficient (Wildman–Crippen LogP) is 3.33. The highest BCUT2D eigenvalue weighted by Gasteiger charge is 2.08. The number of amides is 1. The molecule has 0 aromatic heterocycles. The molecule has 110 valence electrons. The molecule has 0 saturated heterocycles. The average molecular weight is 290 g/mol. The van der Waals surface area contributed by atoms with Crippen molar-refractivity contribution in [1.29, 1.82) is 0 Å². The van der Waals surface area contributed by atoms with E-state index < -0.39 is 11.6 Å².